The lowest BCUT2D eigenvalue weighted by atomic mass is 10.1. The Morgan fingerprint density at radius 3 is 2.35 bits per heavy atom. The smallest absolute Gasteiger partial charge is 0.293 e. The standard InChI is InChI=1S/C25H26FN3O4S/c1-33-15-14-27-10-12-28(13-11-27)23(30)20-6-2-18(3-7-20)16-22-24(31)29(25(32)34-22)17-19-4-8-21(26)9-5-19/h2-9,16H,10-15,17H2,1H3. The highest BCUT2D eigenvalue weighted by atomic mass is 32.2. The molecule has 178 valence electrons. The van der Waals surface area contributed by atoms with Crippen LogP contribution in [0.2, 0.25) is 0 Å². The molecule has 0 unspecified atom stereocenters. The van der Waals surface area contributed by atoms with Crippen LogP contribution in [0.3, 0.4) is 0 Å². The number of benzene rings is 2. The Hall–Kier alpha value is -3.01. The van der Waals surface area contributed by atoms with Gasteiger partial charge in [-0.1, -0.05) is 24.3 Å². The number of rotatable bonds is 7. The molecule has 2 saturated heterocycles. The highest BCUT2D eigenvalue weighted by Gasteiger charge is 2.35. The van der Waals surface area contributed by atoms with Crippen LogP contribution in [0.5, 0.6) is 0 Å². The fraction of sp³-hybridized carbons (Fsp3) is 0.320. The van der Waals surface area contributed by atoms with Gasteiger partial charge >= 0.3 is 0 Å². The first kappa shape index (κ1) is 24.1. The molecule has 0 saturated carbocycles. The molecule has 9 heteroatoms. The van der Waals surface area contributed by atoms with Gasteiger partial charge in [0.2, 0.25) is 0 Å². The molecule has 2 aromatic carbocycles. The van der Waals surface area contributed by atoms with E-state index >= 15 is 0 Å². The lowest BCUT2D eigenvalue weighted by Gasteiger charge is -2.34. The van der Waals surface area contributed by atoms with Crippen molar-refractivity contribution in [3.05, 3.63) is 75.9 Å². The number of carbonyl (C=O) groups is 3. The number of amides is 3. The maximum Gasteiger partial charge on any atom is 0.293 e. The van der Waals surface area contributed by atoms with Gasteiger partial charge < -0.3 is 9.64 Å². The molecule has 0 radical (unpaired) electrons. The average molecular weight is 484 g/mol. The minimum atomic E-state index is -0.383. The van der Waals surface area contributed by atoms with Gasteiger partial charge in [-0.15, -0.1) is 0 Å². The summed E-state index contributed by atoms with van der Waals surface area (Å²) in [6.07, 6.45) is 1.65. The quantitative estimate of drug-likeness (QED) is 0.562. The van der Waals surface area contributed by atoms with Crippen molar-refractivity contribution in [3.63, 3.8) is 0 Å². The number of carbonyl (C=O) groups excluding carboxylic acids is 3. The van der Waals surface area contributed by atoms with Crippen molar-refractivity contribution in [1.29, 1.82) is 0 Å². The largest absolute Gasteiger partial charge is 0.383 e. The monoisotopic (exact) mass is 483 g/mol. The van der Waals surface area contributed by atoms with Gasteiger partial charge in [0.05, 0.1) is 18.1 Å². The lowest BCUT2D eigenvalue weighted by molar-refractivity contribution is -0.123. The van der Waals surface area contributed by atoms with Crippen LogP contribution in [0, 0.1) is 5.82 Å². The molecule has 2 heterocycles. The van der Waals surface area contributed by atoms with E-state index in [9.17, 15) is 18.8 Å². The van der Waals surface area contributed by atoms with Crippen molar-refractivity contribution < 1.29 is 23.5 Å². The van der Waals surface area contributed by atoms with Crippen molar-refractivity contribution in [2.75, 3.05) is 46.4 Å². The minimum Gasteiger partial charge on any atom is -0.383 e. The molecule has 0 aliphatic carbocycles. The molecule has 0 aromatic heterocycles. The summed E-state index contributed by atoms with van der Waals surface area (Å²) in [5.74, 6) is -0.771. The molecule has 34 heavy (non-hydrogen) atoms. The van der Waals surface area contributed by atoms with E-state index in [2.05, 4.69) is 4.90 Å². The SMILES string of the molecule is COCCN1CCN(C(=O)c2ccc(C=C3SC(=O)N(Cc4ccc(F)cc4)C3=O)cc2)CC1. The minimum absolute atomic E-state index is 0.0161. The van der Waals surface area contributed by atoms with Crippen LogP contribution < -0.4 is 0 Å². The van der Waals surface area contributed by atoms with Gasteiger partial charge in [-0.05, 0) is 53.2 Å². The number of thioether (sulfide) groups is 1. The van der Waals surface area contributed by atoms with Crippen LogP contribution in [0.15, 0.2) is 53.4 Å². The van der Waals surface area contributed by atoms with E-state index in [1.165, 1.54) is 12.1 Å². The zero-order valence-corrected chi connectivity index (χ0v) is 19.7. The fourth-order valence-electron chi connectivity index (χ4n) is 3.86. The number of halogens is 1. The van der Waals surface area contributed by atoms with Gasteiger partial charge in [0.1, 0.15) is 5.82 Å². The second-order valence-electron chi connectivity index (χ2n) is 8.14. The van der Waals surface area contributed by atoms with Crippen molar-refractivity contribution in [1.82, 2.24) is 14.7 Å². The van der Waals surface area contributed by atoms with E-state index in [1.807, 2.05) is 4.90 Å². The molecule has 0 bridgehead atoms. The molecule has 0 N–H and O–H groups in total. The van der Waals surface area contributed by atoms with Crippen LogP contribution in [-0.4, -0.2) is 78.2 Å². The second kappa shape index (κ2) is 10.9. The summed E-state index contributed by atoms with van der Waals surface area (Å²) in [7, 11) is 1.68. The Labute approximate surface area is 202 Å². The zero-order valence-electron chi connectivity index (χ0n) is 18.9. The molecule has 0 spiro atoms. The summed E-state index contributed by atoms with van der Waals surface area (Å²) < 4.78 is 18.2. The normalized spacial score (nSPS) is 18.2. The summed E-state index contributed by atoms with van der Waals surface area (Å²) in [5.41, 5.74) is 1.99. The zero-order chi connectivity index (χ0) is 24.1. The van der Waals surface area contributed by atoms with Crippen molar-refractivity contribution in [2.24, 2.45) is 0 Å². The summed E-state index contributed by atoms with van der Waals surface area (Å²) in [6, 6.07) is 12.7. The Morgan fingerprint density at radius 1 is 1.03 bits per heavy atom. The van der Waals surface area contributed by atoms with E-state index in [1.54, 1.807) is 49.6 Å². The second-order valence-corrected chi connectivity index (χ2v) is 9.14. The predicted molar refractivity (Wildman–Crippen MR) is 129 cm³/mol. The third-order valence-electron chi connectivity index (χ3n) is 5.85. The van der Waals surface area contributed by atoms with Crippen LogP contribution in [0.1, 0.15) is 21.5 Å². The molecule has 2 fully saturated rings. The van der Waals surface area contributed by atoms with Crippen LogP contribution >= 0.6 is 11.8 Å². The average Bonchev–Trinajstić information content (AvgIpc) is 3.11. The molecular weight excluding hydrogens is 457 g/mol. The molecular formula is C25H26FN3O4S. The number of nitrogens with zero attached hydrogens (tertiary/aromatic N) is 3. The number of ether oxygens (including phenoxy) is 1. The number of piperazine rings is 1. The summed E-state index contributed by atoms with van der Waals surface area (Å²) >= 11 is 0.874. The van der Waals surface area contributed by atoms with E-state index in [0.29, 0.717) is 35.7 Å². The predicted octanol–water partition coefficient (Wildman–Crippen LogP) is 3.47. The van der Waals surface area contributed by atoms with Crippen molar-refractivity contribution in [2.45, 2.75) is 6.54 Å². The topological polar surface area (TPSA) is 70.2 Å². The molecule has 4 rings (SSSR count). The third kappa shape index (κ3) is 5.72. The third-order valence-corrected chi connectivity index (χ3v) is 6.76. The van der Waals surface area contributed by atoms with Crippen molar-refractivity contribution in [3.8, 4) is 0 Å². The van der Waals surface area contributed by atoms with Gasteiger partial charge in [0.15, 0.2) is 0 Å². The number of methoxy groups -OCH3 is 1. The molecule has 3 amide bonds. The van der Waals surface area contributed by atoms with Crippen LogP contribution in [0.25, 0.3) is 6.08 Å². The number of imide groups is 1. The van der Waals surface area contributed by atoms with E-state index in [0.717, 1.165) is 41.9 Å². The first-order valence-electron chi connectivity index (χ1n) is 11.0. The highest BCUT2D eigenvalue weighted by Crippen LogP contribution is 2.33. The number of hydrogen-bond acceptors (Lipinski definition) is 6. The van der Waals surface area contributed by atoms with Gasteiger partial charge in [0, 0.05) is 45.4 Å². The first-order chi connectivity index (χ1) is 16.4. The Balaban J connectivity index is 1.37. The molecule has 0 atom stereocenters. The maximum absolute atomic E-state index is 13.1. The van der Waals surface area contributed by atoms with Crippen molar-refractivity contribution >= 4 is 34.9 Å². The Morgan fingerprint density at radius 2 is 1.71 bits per heavy atom. The van der Waals surface area contributed by atoms with E-state index in [4.69, 9.17) is 4.74 Å². The van der Waals surface area contributed by atoms with Gasteiger partial charge in [-0.25, -0.2) is 4.39 Å². The maximum atomic E-state index is 13.1. The van der Waals surface area contributed by atoms with E-state index < -0.39 is 0 Å². The molecule has 7 nitrogen and oxygen atoms in total. The van der Waals surface area contributed by atoms with Crippen LogP contribution in [-0.2, 0) is 16.1 Å². The summed E-state index contributed by atoms with van der Waals surface area (Å²) in [4.78, 5) is 43.5. The number of hydrogen-bond donors (Lipinski definition) is 0. The Kier molecular flexibility index (Phi) is 7.77. The highest BCUT2D eigenvalue weighted by molar-refractivity contribution is 8.18. The fourth-order valence-corrected chi connectivity index (χ4v) is 4.70. The van der Waals surface area contributed by atoms with E-state index in [-0.39, 0.29) is 29.4 Å². The molecule has 2 aliphatic heterocycles. The first-order valence-corrected chi connectivity index (χ1v) is 11.9. The lowest BCUT2D eigenvalue weighted by Crippen LogP contribution is -2.49. The van der Waals surface area contributed by atoms with Gasteiger partial charge in [-0.2, -0.15) is 0 Å². The van der Waals surface area contributed by atoms with Gasteiger partial charge in [0.25, 0.3) is 17.1 Å². The molecule has 2 aromatic rings. The Bertz CT molecular complexity index is 1080. The summed E-state index contributed by atoms with van der Waals surface area (Å²) in [5, 5.41) is -0.364. The van der Waals surface area contributed by atoms with Gasteiger partial charge in [-0.3, -0.25) is 24.2 Å². The molecule has 2 aliphatic rings. The summed E-state index contributed by atoms with van der Waals surface area (Å²) in [6.45, 7) is 4.62. The van der Waals surface area contributed by atoms with Crippen LogP contribution in [0.4, 0.5) is 9.18 Å².